The maximum Gasteiger partial charge on any atom is 0.460 e. The second-order valence-corrected chi connectivity index (χ2v) is 5.31. The second-order valence-electron chi connectivity index (χ2n) is 5.31. The summed E-state index contributed by atoms with van der Waals surface area (Å²) in [6.45, 7) is 0. The molecule has 0 saturated carbocycles. The minimum atomic E-state index is -8.76. The van der Waals surface area contributed by atoms with Gasteiger partial charge in [-0.3, -0.25) is 0 Å². The van der Waals surface area contributed by atoms with Gasteiger partial charge in [-0.15, -0.1) is 4.48 Å². The second kappa shape index (κ2) is 7.64. The van der Waals surface area contributed by atoms with Gasteiger partial charge < -0.3 is 0 Å². The molecule has 0 N–H and O–H groups in total. The van der Waals surface area contributed by atoms with E-state index in [0.29, 0.717) is 0 Å². The van der Waals surface area contributed by atoms with Crippen LogP contribution < -0.4 is 0 Å². The third kappa shape index (κ3) is 3.80. The zero-order valence-corrected chi connectivity index (χ0v) is 13.4. The lowest BCUT2D eigenvalue weighted by Crippen LogP contribution is -2.73. The fourth-order valence-corrected chi connectivity index (χ4v) is 1.43. The van der Waals surface area contributed by atoms with E-state index in [9.17, 15) is 92.3 Å². The predicted molar refractivity (Wildman–Crippen MR) is 54.0 cm³/mol. The first-order valence-corrected chi connectivity index (χ1v) is 6.40. The van der Waals surface area contributed by atoms with Crippen molar-refractivity contribution < 1.29 is 92.3 Å². The summed E-state index contributed by atoms with van der Waals surface area (Å²) < 4.78 is 265. The van der Waals surface area contributed by atoms with Crippen molar-refractivity contribution in [2.45, 2.75) is 47.9 Å². The maximum absolute atomic E-state index is 13.1. The molecular formula is C10F21N. The first kappa shape index (κ1) is 30.2. The monoisotopic (exact) mass is 533 g/mol. The minimum absolute atomic E-state index is 4.59. The van der Waals surface area contributed by atoms with Crippen molar-refractivity contribution >= 4 is 0 Å². The van der Waals surface area contributed by atoms with Crippen LogP contribution in [0.4, 0.5) is 92.3 Å². The van der Waals surface area contributed by atoms with Gasteiger partial charge in [-0.2, -0.15) is 87.8 Å². The summed E-state index contributed by atoms with van der Waals surface area (Å²) in [5.41, 5.74) is 0. The lowest BCUT2D eigenvalue weighted by molar-refractivity contribution is -0.494. The highest BCUT2D eigenvalue weighted by molar-refractivity contribution is 5.15. The molecule has 192 valence electrons. The Labute approximate surface area is 159 Å². The smallest absolute Gasteiger partial charge is 0.199 e. The number of hydrogen-bond donors (Lipinski definition) is 0. The van der Waals surface area contributed by atoms with Crippen LogP contribution in [0.25, 0.3) is 0 Å². The molecule has 1 nitrogen and oxygen atoms in total. The molecule has 0 aromatic heterocycles. The molecule has 0 unspecified atom stereocenters. The van der Waals surface area contributed by atoms with Gasteiger partial charge in [0.05, 0.1) is 0 Å². The first-order valence-electron chi connectivity index (χ1n) is 6.40. The number of hydrogen-bond acceptors (Lipinski definition) is 1. The van der Waals surface area contributed by atoms with Gasteiger partial charge in [0.1, 0.15) is 0 Å². The largest absolute Gasteiger partial charge is 0.460 e. The molecule has 0 aromatic rings. The van der Waals surface area contributed by atoms with Crippen molar-refractivity contribution in [3.63, 3.8) is 0 Å². The molecule has 0 radical (unpaired) electrons. The minimum Gasteiger partial charge on any atom is -0.199 e. The Hall–Kier alpha value is -1.77. The molecule has 0 bridgehead atoms. The lowest BCUT2D eigenvalue weighted by atomic mass is 10.0. The van der Waals surface area contributed by atoms with Gasteiger partial charge in [0, 0.05) is 0 Å². The van der Waals surface area contributed by atoms with E-state index >= 15 is 0 Å². The van der Waals surface area contributed by atoms with E-state index in [1.54, 1.807) is 0 Å². The third-order valence-electron chi connectivity index (χ3n) is 3.23. The van der Waals surface area contributed by atoms with Gasteiger partial charge >= 0.3 is 54.0 Å². The quantitative estimate of drug-likeness (QED) is 0.182. The van der Waals surface area contributed by atoms with Crippen LogP contribution in [0.5, 0.6) is 0 Å². The molecule has 0 aliphatic rings. The van der Waals surface area contributed by atoms with Gasteiger partial charge in [0.15, 0.2) is 0 Å². The summed E-state index contributed by atoms with van der Waals surface area (Å²) in [4.78, 5) is 0. The van der Waals surface area contributed by atoms with Gasteiger partial charge in [0.2, 0.25) is 5.83 Å². The summed E-state index contributed by atoms with van der Waals surface area (Å²) in [6.07, 6.45) is -12.5. The van der Waals surface area contributed by atoms with E-state index < -0.39 is 64.9 Å². The Balaban J connectivity index is 6.76. The highest BCUT2D eigenvalue weighted by Gasteiger charge is 2.91. The summed E-state index contributed by atoms with van der Waals surface area (Å²) in [5, 5.41) is -5.03. The van der Waals surface area contributed by atoms with Crippen molar-refractivity contribution in [3.05, 3.63) is 11.9 Å². The Morgan fingerprint density at radius 2 is 0.750 bits per heavy atom. The zero-order chi connectivity index (χ0) is 26.7. The van der Waals surface area contributed by atoms with Crippen LogP contribution in [0.3, 0.4) is 0 Å². The Kier molecular flexibility index (Phi) is 7.21. The van der Waals surface area contributed by atoms with Gasteiger partial charge in [0.25, 0.3) is 0 Å². The average molecular weight is 533 g/mol. The molecule has 0 amide bonds. The van der Waals surface area contributed by atoms with Crippen molar-refractivity contribution in [2.75, 3.05) is 0 Å². The van der Waals surface area contributed by atoms with Crippen LogP contribution in [0.1, 0.15) is 0 Å². The topological polar surface area (TPSA) is 3.24 Å². The third-order valence-corrected chi connectivity index (χ3v) is 3.23. The number of nitrogens with zero attached hydrogens (tertiary/aromatic N) is 1. The Morgan fingerprint density at radius 3 is 1.03 bits per heavy atom. The average Bonchev–Trinajstić information content (AvgIpc) is 2.57. The Morgan fingerprint density at radius 1 is 0.438 bits per heavy atom. The highest BCUT2D eigenvalue weighted by Crippen LogP contribution is 2.61. The highest BCUT2D eigenvalue weighted by atomic mass is 19.4. The van der Waals surface area contributed by atoms with Crippen molar-refractivity contribution in [1.82, 2.24) is 5.12 Å². The van der Waals surface area contributed by atoms with Crippen LogP contribution >= 0.6 is 0 Å². The first-order chi connectivity index (χ1) is 13.5. The molecule has 32 heavy (non-hydrogen) atoms. The van der Waals surface area contributed by atoms with E-state index in [1.807, 2.05) is 0 Å². The normalized spacial score (nSPS) is 15.9. The molecule has 0 atom stereocenters. The summed E-state index contributed by atoms with van der Waals surface area (Å²) >= 11 is 0. The molecule has 0 saturated heterocycles. The molecule has 22 heteroatoms. The number of alkyl halides is 17. The van der Waals surface area contributed by atoms with Crippen molar-refractivity contribution in [1.29, 1.82) is 0 Å². The van der Waals surface area contributed by atoms with Gasteiger partial charge in [-0.25, -0.2) is 0 Å². The molecule has 0 rings (SSSR count). The van der Waals surface area contributed by atoms with Gasteiger partial charge in [-0.05, 0) is 5.12 Å². The standard InChI is InChI=1S/C10F21N/c11-1(2(12)13)3(14,15)4(16,17)9(27,28)32(31)10(29,30)7(22,23)5(18,19)6(20,21)8(24,25)26. The van der Waals surface area contributed by atoms with Crippen LogP contribution in [0.2, 0.25) is 0 Å². The fraction of sp³-hybridized carbons (Fsp3) is 0.800. The number of allylic oxidation sites excluding steroid dienone is 1. The molecular weight excluding hydrogens is 533 g/mol. The van der Waals surface area contributed by atoms with E-state index in [-0.39, 0.29) is 0 Å². The summed E-state index contributed by atoms with van der Waals surface area (Å²) in [6, 6.07) is -17.1. The zero-order valence-electron chi connectivity index (χ0n) is 13.4. The van der Waals surface area contributed by atoms with E-state index in [1.165, 1.54) is 0 Å². The van der Waals surface area contributed by atoms with Crippen LogP contribution in [-0.2, 0) is 0 Å². The molecule has 0 fully saturated rings. The van der Waals surface area contributed by atoms with Crippen LogP contribution in [0.15, 0.2) is 11.9 Å². The SMILES string of the molecule is FC(F)=C(F)C(F)(F)C(F)(F)C(F)(F)N(F)C(F)(F)C(F)(F)C(F)(F)C(F)(F)C(F)(F)F. The van der Waals surface area contributed by atoms with Crippen molar-refractivity contribution in [2.24, 2.45) is 0 Å². The van der Waals surface area contributed by atoms with E-state index in [0.717, 1.165) is 0 Å². The molecule has 0 aliphatic carbocycles. The fourth-order valence-electron chi connectivity index (χ4n) is 1.43. The maximum atomic E-state index is 13.1. The summed E-state index contributed by atoms with van der Waals surface area (Å²) in [7, 11) is 0. The molecule has 0 spiro atoms. The van der Waals surface area contributed by atoms with Gasteiger partial charge in [-0.1, -0.05) is 0 Å². The molecule has 0 heterocycles. The van der Waals surface area contributed by atoms with E-state index in [4.69, 9.17) is 0 Å². The number of halogens is 21. The van der Waals surface area contributed by atoms with Crippen molar-refractivity contribution in [3.8, 4) is 0 Å². The van der Waals surface area contributed by atoms with E-state index in [2.05, 4.69) is 0 Å². The predicted octanol–water partition coefficient (Wildman–Crippen LogP) is 7.17. The molecule has 0 aliphatic heterocycles. The number of rotatable bonds is 8. The van der Waals surface area contributed by atoms with Crippen LogP contribution in [-0.4, -0.2) is 53.0 Å². The Bertz CT molecular complexity index is 723. The molecule has 0 aromatic carbocycles. The van der Waals surface area contributed by atoms with Crippen LogP contribution in [0, 0.1) is 0 Å². The lowest BCUT2D eigenvalue weighted by Gasteiger charge is -2.41. The summed E-state index contributed by atoms with van der Waals surface area (Å²) in [5.74, 6) is -46.7.